The highest BCUT2D eigenvalue weighted by molar-refractivity contribution is 5.76. The number of piperazine rings is 1. The minimum Gasteiger partial charge on any atom is -0.353 e. The summed E-state index contributed by atoms with van der Waals surface area (Å²) in [7, 11) is 0. The maximum absolute atomic E-state index is 12.1. The predicted molar refractivity (Wildman–Crippen MR) is 75.5 cm³/mol. The fourth-order valence-electron chi connectivity index (χ4n) is 2.41. The molecule has 0 spiro atoms. The number of aromatic nitrogens is 1. The highest BCUT2D eigenvalue weighted by Crippen LogP contribution is 2.32. The van der Waals surface area contributed by atoms with Crippen molar-refractivity contribution in [2.75, 3.05) is 31.1 Å². The first-order valence-electron chi connectivity index (χ1n) is 7.04. The summed E-state index contributed by atoms with van der Waals surface area (Å²) in [5, 5.41) is 7.88. The fourth-order valence-corrected chi connectivity index (χ4v) is 2.41. The number of anilines is 1. The molecule has 0 saturated carbocycles. The van der Waals surface area contributed by atoms with Gasteiger partial charge in [-0.25, -0.2) is 4.98 Å². The molecular weight excluding hydrogens is 254 g/mol. The Balaban J connectivity index is 1.47. The Morgan fingerprint density at radius 2 is 2.00 bits per heavy atom. The van der Waals surface area contributed by atoms with Crippen molar-refractivity contribution in [3.63, 3.8) is 0 Å². The molecule has 0 aromatic carbocycles. The molecule has 6 heteroatoms. The standard InChI is InChI=1S/C14H19N5O/c1-14(16-17-14)6-5-13(20)19-10-8-18(9-11-19)12-4-2-3-7-15-12/h2-4,7H,5-6,8-11H2,1H3. The minimum atomic E-state index is -0.272. The summed E-state index contributed by atoms with van der Waals surface area (Å²) in [6, 6.07) is 5.91. The largest absolute Gasteiger partial charge is 0.353 e. The number of pyridine rings is 1. The second-order valence-corrected chi connectivity index (χ2v) is 5.47. The summed E-state index contributed by atoms with van der Waals surface area (Å²) in [4.78, 5) is 20.6. The van der Waals surface area contributed by atoms with Crippen LogP contribution in [0, 0.1) is 0 Å². The van der Waals surface area contributed by atoms with E-state index in [1.54, 1.807) is 6.20 Å². The third kappa shape index (κ3) is 2.95. The van der Waals surface area contributed by atoms with Gasteiger partial charge in [0.05, 0.1) is 0 Å². The van der Waals surface area contributed by atoms with Gasteiger partial charge in [-0.05, 0) is 19.1 Å². The van der Waals surface area contributed by atoms with Gasteiger partial charge in [-0.1, -0.05) is 6.07 Å². The first-order valence-corrected chi connectivity index (χ1v) is 7.04. The molecule has 0 radical (unpaired) electrons. The van der Waals surface area contributed by atoms with E-state index in [2.05, 4.69) is 20.1 Å². The molecular formula is C14H19N5O. The lowest BCUT2D eigenvalue weighted by molar-refractivity contribution is -0.131. The van der Waals surface area contributed by atoms with Gasteiger partial charge in [-0.15, -0.1) is 0 Å². The quantitative estimate of drug-likeness (QED) is 0.838. The van der Waals surface area contributed by atoms with Crippen LogP contribution in [0.4, 0.5) is 5.82 Å². The van der Waals surface area contributed by atoms with Crippen molar-refractivity contribution < 1.29 is 4.79 Å². The molecule has 1 aromatic heterocycles. The van der Waals surface area contributed by atoms with E-state index in [1.807, 2.05) is 30.0 Å². The van der Waals surface area contributed by atoms with Gasteiger partial charge < -0.3 is 9.80 Å². The molecule has 1 amide bonds. The van der Waals surface area contributed by atoms with Crippen LogP contribution in [0.5, 0.6) is 0 Å². The summed E-state index contributed by atoms with van der Waals surface area (Å²) in [5.74, 6) is 1.20. The Morgan fingerprint density at radius 1 is 1.25 bits per heavy atom. The highest BCUT2D eigenvalue weighted by Gasteiger charge is 2.34. The van der Waals surface area contributed by atoms with Crippen LogP contribution in [-0.4, -0.2) is 47.6 Å². The molecule has 20 heavy (non-hydrogen) atoms. The summed E-state index contributed by atoms with van der Waals surface area (Å²) >= 11 is 0. The lowest BCUT2D eigenvalue weighted by Crippen LogP contribution is -2.49. The molecule has 3 rings (SSSR count). The minimum absolute atomic E-state index is 0.212. The molecule has 2 aliphatic heterocycles. The molecule has 0 bridgehead atoms. The van der Waals surface area contributed by atoms with Crippen LogP contribution in [0.2, 0.25) is 0 Å². The molecule has 106 valence electrons. The Labute approximate surface area is 118 Å². The third-order valence-corrected chi connectivity index (χ3v) is 3.86. The number of rotatable bonds is 4. The number of hydrogen-bond acceptors (Lipinski definition) is 5. The van der Waals surface area contributed by atoms with E-state index in [9.17, 15) is 4.79 Å². The van der Waals surface area contributed by atoms with Crippen molar-refractivity contribution in [3.8, 4) is 0 Å². The molecule has 0 atom stereocenters. The molecule has 6 nitrogen and oxygen atoms in total. The SMILES string of the molecule is CC1(CCC(=O)N2CCN(c3ccccn3)CC2)N=N1. The monoisotopic (exact) mass is 273 g/mol. The van der Waals surface area contributed by atoms with Crippen LogP contribution in [0.1, 0.15) is 19.8 Å². The van der Waals surface area contributed by atoms with Gasteiger partial charge in [-0.3, -0.25) is 4.79 Å². The number of nitrogens with zero attached hydrogens (tertiary/aromatic N) is 5. The lowest BCUT2D eigenvalue weighted by Gasteiger charge is -2.35. The van der Waals surface area contributed by atoms with Gasteiger partial charge in [-0.2, -0.15) is 10.2 Å². The number of amides is 1. The van der Waals surface area contributed by atoms with Gasteiger partial charge in [0, 0.05) is 45.2 Å². The lowest BCUT2D eigenvalue weighted by atomic mass is 10.1. The van der Waals surface area contributed by atoms with Gasteiger partial charge in [0.25, 0.3) is 0 Å². The maximum atomic E-state index is 12.1. The summed E-state index contributed by atoms with van der Waals surface area (Å²) in [5.41, 5.74) is -0.272. The molecule has 3 heterocycles. The summed E-state index contributed by atoms with van der Waals surface area (Å²) in [6.45, 7) is 5.17. The van der Waals surface area contributed by atoms with E-state index < -0.39 is 0 Å². The van der Waals surface area contributed by atoms with Crippen molar-refractivity contribution in [1.29, 1.82) is 0 Å². The normalized spacial score (nSPS) is 20.1. The Bertz CT molecular complexity index is 502. The zero-order valence-electron chi connectivity index (χ0n) is 11.7. The average molecular weight is 273 g/mol. The summed E-state index contributed by atoms with van der Waals surface area (Å²) < 4.78 is 0. The van der Waals surface area contributed by atoms with E-state index in [0.717, 1.165) is 38.4 Å². The number of carbonyl (C=O) groups is 1. The van der Waals surface area contributed by atoms with Crippen LogP contribution in [0.3, 0.4) is 0 Å². The van der Waals surface area contributed by atoms with Crippen molar-refractivity contribution >= 4 is 11.7 Å². The van der Waals surface area contributed by atoms with Crippen LogP contribution in [-0.2, 0) is 4.79 Å². The molecule has 1 saturated heterocycles. The van der Waals surface area contributed by atoms with Crippen LogP contribution in [0.25, 0.3) is 0 Å². The Hall–Kier alpha value is -1.98. The van der Waals surface area contributed by atoms with E-state index in [-0.39, 0.29) is 11.6 Å². The Kier molecular flexibility index (Phi) is 3.38. The summed E-state index contributed by atoms with van der Waals surface area (Å²) in [6.07, 6.45) is 3.07. The van der Waals surface area contributed by atoms with E-state index >= 15 is 0 Å². The molecule has 0 unspecified atom stereocenters. The first kappa shape index (κ1) is 13.0. The number of hydrogen-bond donors (Lipinski definition) is 0. The highest BCUT2D eigenvalue weighted by atomic mass is 16.2. The van der Waals surface area contributed by atoms with Gasteiger partial charge >= 0.3 is 0 Å². The maximum Gasteiger partial charge on any atom is 0.222 e. The Morgan fingerprint density at radius 3 is 2.60 bits per heavy atom. The van der Waals surface area contributed by atoms with Crippen LogP contribution < -0.4 is 4.90 Å². The second-order valence-electron chi connectivity index (χ2n) is 5.47. The van der Waals surface area contributed by atoms with Crippen LogP contribution in [0.15, 0.2) is 34.6 Å². The first-order chi connectivity index (χ1) is 9.66. The smallest absolute Gasteiger partial charge is 0.222 e. The van der Waals surface area contributed by atoms with Gasteiger partial charge in [0.15, 0.2) is 5.66 Å². The zero-order valence-corrected chi connectivity index (χ0v) is 11.7. The van der Waals surface area contributed by atoms with E-state index in [4.69, 9.17) is 0 Å². The zero-order chi connectivity index (χ0) is 14.0. The van der Waals surface area contributed by atoms with Crippen molar-refractivity contribution in [2.45, 2.75) is 25.4 Å². The fraction of sp³-hybridized carbons (Fsp3) is 0.571. The van der Waals surface area contributed by atoms with E-state index in [0.29, 0.717) is 6.42 Å². The molecule has 1 aromatic rings. The molecule has 0 N–H and O–H groups in total. The van der Waals surface area contributed by atoms with Crippen molar-refractivity contribution in [3.05, 3.63) is 24.4 Å². The predicted octanol–water partition coefficient (Wildman–Crippen LogP) is 1.69. The van der Waals surface area contributed by atoms with Crippen LogP contribution >= 0.6 is 0 Å². The van der Waals surface area contributed by atoms with Gasteiger partial charge in [0.1, 0.15) is 5.82 Å². The number of carbonyl (C=O) groups excluding carboxylic acids is 1. The third-order valence-electron chi connectivity index (χ3n) is 3.86. The average Bonchev–Trinajstić information content (AvgIpc) is 3.24. The molecule has 2 aliphatic rings. The van der Waals surface area contributed by atoms with E-state index in [1.165, 1.54) is 0 Å². The molecule has 0 aliphatic carbocycles. The second kappa shape index (κ2) is 5.19. The topological polar surface area (TPSA) is 61.2 Å². The van der Waals surface area contributed by atoms with Crippen molar-refractivity contribution in [2.24, 2.45) is 10.2 Å². The molecule has 1 fully saturated rings. The van der Waals surface area contributed by atoms with Gasteiger partial charge in [0.2, 0.25) is 5.91 Å². The van der Waals surface area contributed by atoms with Crippen molar-refractivity contribution in [1.82, 2.24) is 9.88 Å².